The van der Waals surface area contributed by atoms with Gasteiger partial charge in [0.15, 0.2) is 5.82 Å². The predicted molar refractivity (Wildman–Crippen MR) is 79.9 cm³/mol. The molecular weight excluding hydrogens is 248 g/mol. The minimum atomic E-state index is 0.518. The lowest BCUT2D eigenvalue weighted by atomic mass is 10.1. The fourth-order valence-electron chi connectivity index (χ4n) is 2.17. The van der Waals surface area contributed by atoms with E-state index in [9.17, 15) is 0 Å². The number of aromatic amines is 1. The predicted octanol–water partition coefficient (Wildman–Crippen LogP) is 2.91. The number of aryl methyl sites for hydroxylation is 1. The van der Waals surface area contributed by atoms with Crippen LogP contribution in [0.4, 0.5) is 0 Å². The van der Waals surface area contributed by atoms with Gasteiger partial charge < -0.3 is 10.7 Å². The summed E-state index contributed by atoms with van der Waals surface area (Å²) in [5.74, 6) is 0.733. The maximum Gasteiger partial charge on any atom is 0.160 e. The van der Waals surface area contributed by atoms with Crippen LogP contribution >= 0.6 is 0 Å². The van der Waals surface area contributed by atoms with Gasteiger partial charge in [0.05, 0.1) is 5.69 Å². The monoisotopic (exact) mass is 264 g/mol. The quantitative estimate of drug-likeness (QED) is 0.764. The lowest BCUT2D eigenvalue weighted by Crippen LogP contribution is -1.98. The Morgan fingerprint density at radius 3 is 2.75 bits per heavy atom. The van der Waals surface area contributed by atoms with Crippen LogP contribution in [0.25, 0.3) is 22.6 Å². The Hall–Kier alpha value is -2.46. The Bertz CT molecular complexity index is 717. The Balaban J connectivity index is 2.09. The lowest BCUT2D eigenvalue weighted by molar-refractivity contribution is 1.06. The summed E-state index contributed by atoms with van der Waals surface area (Å²) >= 11 is 0. The molecule has 4 nitrogen and oxygen atoms in total. The number of H-pyrrole nitrogens is 1. The molecule has 20 heavy (non-hydrogen) atoms. The van der Waals surface area contributed by atoms with Crippen molar-refractivity contribution >= 4 is 0 Å². The zero-order chi connectivity index (χ0) is 13.9. The number of nitrogens with one attached hydrogen (secondary N) is 1. The van der Waals surface area contributed by atoms with Crippen molar-refractivity contribution in [2.45, 2.75) is 13.5 Å². The van der Waals surface area contributed by atoms with Crippen LogP contribution in [0.2, 0.25) is 0 Å². The summed E-state index contributed by atoms with van der Waals surface area (Å²) < 4.78 is 0. The third kappa shape index (κ3) is 2.46. The van der Waals surface area contributed by atoms with E-state index >= 15 is 0 Å². The molecule has 0 aliphatic heterocycles. The molecule has 0 unspecified atom stereocenters. The van der Waals surface area contributed by atoms with E-state index < -0.39 is 0 Å². The van der Waals surface area contributed by atoms with E-state index in [0.717, 1.165) is 33.9 Å². The Labute approximate surface area is 117 Å². The molecule has 4 heteroatoms. The van der Waals surface area contributed by atoms with Crippen molar-refractivity contribution in [3.05, 3.63) is 60.0 Å². The maximum atomic E-state index is 5.69. The molecule has 100 valence electrons. The van der Waals surface area contributed by atoms with E-state index in [4.69, 9.17) is 5.73 Å². The van der Waals surface area contributed by atoms with Gasteiger partial charge in [0.1, 0.15) is 0 Å². The number of hydrogen-bond acceptors (Lipinski definition) is 3. The van der Waals surface area contributed by atoms with Crippen LogP contribution in [-0.4, -0.2) is 15.0 Å². The zero-order valence-corrected chi connectivity index (χ0v) is 11.3. The van der Waals surface area contributed by atoms with Gasteiger partial charge in [-0.2, -0.15) is 0 Å². The van der Waals surface area contributed by atoms with Crippen molar-refractivity contribution in [3.8, 4) is 22.6 Å². The molecule has 0 fully saturated rings. The summed E-state index contributed by atoms with van der Waals surface area (Å²) in [4.78, 5) is 12.2. The minimum absolute atomic E-state index is 0.518. The molecule has 0 atom stereocenters. The molecule has 0 spiro atoms. The largest absolute Gasteiger partial charge is 0.367 e. The number of benzene rings is 1. The second kappa shape index (κ2) is 5.27. The first-order valence-corrected chi connectivity index (χ1v) is 6.54. The number of rotatable bonds is 3. The fraction of sp³-hybridized carbons (Fsp3) is 0.125. The van der Waals surface area contributed by atoms with Crippen molar-refractivity contribution in [1.29, 1.82) is 0 Å². The Morgan fingerprint density at radius 1 is 1.10 bits per heavy atom. The van der Waals surface area contributed by atoms with Gasteiger partial charge in [0.2, 0.25) is 0 Å². The molecular formula is C16H16N4. The van der Waals surface area contributed by atoms with E-state index in [1.54, 1.807) is 0 Å². The van der Waals surface area contributed by atoms with Gasteiger partial charge in [0, 0.05) is 35.8 Å². The highest BCUT2D eigenvalue weighted by atomic mass is 14.9. The van der Waals surface area contributed by atoms with Crippen molar-refractivity contribution in [2.24, 2.45) is 5.73 Å². The van der Waals surface area contributed by atoms with Crippen molar-refractivity contribution in [3.63, 3.8) is 0 Å². The van der Waals surface area contributed by atoms with Crippen molar-refractivity contribution in [1.82, 2.24) is 15.0 Å². The lowest BCUT2D eigenvalue weighted by Gasteiger charge is -2.06. The average Bonchev–Trinajstić information content (AvgIpc) is 3.01. The van der Waals surface area contributed by atoms with E-state index in [-0.39, 0.29) is 0 Å². The second-order valence-corrected chi connectivity index (χ2v) is 4.72. The molecule has 3 aromatic rings. The van der Waals surface area contributed by atoms with Crippen LogP contribution < -0.4 is 5.73 Å². The Morgan fingerprint density at radius 2 is 2.00 bits per heavy atom. The van der Waals surface area contributed by atoms with Gasteiger partial charge in [-0.25, -0.2) is 9.97 Å². The van der Waals surface area contributed by atoms with E-state index in [1.807, 2.05) is 55.7 Å². The van der Waals surface area contributed by atoms with E-state index in [0.29, 0.717) is 6.54 Å². The number of aromatic nitrogens is 3. The van der Waals surface area contributed by atoms with Crippen LogP contribution in [0.5, 0.6) is 0 Å². The summed E-state index contributed by atoms with van der Waals surface area (Å²) in [5, 5.41) is 0. The standard InChI is InChI=1S/C16H16N4/c1-11-7-15(14-5-6-18-10-14)20-16(19-11)13-4-2-3-12(8-13)9-17/h2-8,10,18H,9,17H2,1H3. The van der Waals surface area contributed by atoms with E-state index in [2.05, 4.69) is 15.0 Å². The molecule has 0 aliphatic carbocycles. The molecule has 3 N–H and O–H groups in total. The highest BCUT2D eigenvalue weighted by Gasteiger charge is 2.07. The number of hydrogen-bond donors (Lipinski definition) is 2. The minimum Gasteiger partial charge on any atom is -0.367 e. The van der Waals surface area contributed by atoms with Crippen LogP contribution in [-0.2, 0) is 6.54 Å². The summed E-state index contributed by atoms with van der Waals surface area (Å²) in [5.41, 5.74) is 10.7. The van der Waals surface area contributed by atoms with Gasteiger partial charge in [-0.1, -0.05) is 18.2 Å². The highest BCUT2D eigenvalue weighted by molar-refractivity contribution is 5.64. The molecule has 0 radical (unpaired) electrons. The van der Waals surface area contributed by atoms with Gasteiger partial charge >= 0.3 is 0 Å². The highest BCUT2D eigenvalue weighted by Crippen LogP contribution is 2.22. The molecule has 0 saturated heterocycles. The van der Waals surface area contributed by atoms with Gasteiger partial charge in [0.25, 0.3) is 0 Å². The second-order valence-electron chi connectivity index (χ2n) is 4.72. The molecule has 3 rings (SSSR count). The van der Waals surface area contributed by atoms with Gasteiger partial charge in [-0.05, 0) is 30.7 Å². The summed E-state index contributed by atoms with van der Waals surface area (Å²) in [6.45, 7) is 2.50. The van der Waals surface area contributed by atoms with Crippen LogP contribution in [0.1, 0.15) is 11.3 Å². The summed E-state index contributed by atoms with van der Waals surface area (Å²) in [6.07, 6.45) is 3.82. The maximum absolute atomic E-state index is 5.69. The molecule has 0 bridgehead atoms. The molecule has 0 saturated carbocycles. The topological polar surface area (TPSA) is 67.6 Å². The zero-order valence-electron chi connectivity index (χ0n) is 11.3. The van der Waals surface area contributed by atoms with Crippen molar-refractivity contribution in [2.75, 3.05) is 0 Å². The molecule has 2 heterocycles. The average molecular weight is 264 g/mol. The molecule has 0 amide bonds. The number of nitrogens with two attached hydrogens (primary N) is 1. The van der Waals surface area contributed by atoms with Crippen LogP contribution in [0.3, 0.4) is 0 Å². The van der Waals surface area contributed by atoms with Gasteiger partial charge in [-0.3, -0.25) is 0 Å². The Kier molecular flexibility index (Phi) is 3.31. The number of nitrogens with zero attached hydrogens (tertiary/aromatic N) is 2. The van der Waals surface area contributed by atoms with Gasteiger partial charge in [-0.15, -0.1) is 0 Å². The first-order chi connectivity index (χ1) is 9.76. The summed E-state index contributed by atoms with van der Waals surface area (Å²) in [6, 6.07) is 12.0. The van der Waals surface area contributed by atoms with Crippen LogP contribution in [0, 0.1) is 6.92 Å². The molecule has 2 aromatic heterocycles. The fourth-order valence-corrected chi connectivity index (χ4v) is 2.17. The first-order valence-electron chi connectivity index (χ1n) is 6.54. The summed E-state index contributed by atoms with van der Waals surface area (Å²) in [7, 11) is 0. The normalized spacial score (nSPS) is 10.7. The SMILES string of the molecule is Cc1cc(-c2cc[nH]c2)nc(-c2cccc(CN)c2)n1. The molecule has 0 aliphatic rings. The molecule has 1 aromatic carbocycles. The third-order valence-electron chi connectivity index (χ3n) is 3.17. The van der Waals surface area contributed by atoms with Crippen LogP contribution in [0.15, 0.2) is 48.8 Å². The third-order valence-corrected chi connectivity index (χ3v) is 3.17. The van der Waals surface area contributed by atoms with E-state index in [1.165, 1.54) is 0 Å². The first kappa shape index (κ1) is 12.6. The van der Waals surface area contributed by atoms with Crippen molar-refractivity contribution < 1.29 is 0 Å². The smallest absolute Gasteiger partial charge is 0.160 e.